The lowest BCUT2D eigenvalue weighted by atomic mass is 9.77. The first-order chi connectivity index (χ1) is 17.0. The molecular weight excluding hydrogens is 457 g/mol. The highest BCUT2D eigenvalue weighted by molar-refractivity contribution is 7.30. The Bertz CT molecular complexity index is 1140. The summed E-state index contributed by atoms with van der Waals surface area (Å²) in [6.07, 6.45) is 5.50. The lowest BCUT2D eigenvalue weighted by molar-refractivity contribution is 0.405. The number of nitrogens with zero attached hydrogens (tertiary/aromatic N) is 3. The molecule has 0 amide bonds. The van der Waals surface area contributed by atoms with Gasteiger partial charge in [-0.3, -0.25) is 4.57 Å². The topological polar surface area (TPSA) is 88.2 Å². The van der Waals surface area contributed by atoms with Gasteiger partial charge in [0.05, 0.1) is 0 Å². The van der Waals surface area contributed by atoms with E-state index in [-0.39, 0.29) is 0 Å². The van der Waals surface area contributed by atoms with E-state index in [1.54, 1.807) is 0 Å². The van der Waals surface area contributed by atoms with Crippen LogP contribution < -0.4 is 0 Å². The van der Waals surface area contributed by atoms with Crippen LogP contribution in [0.15, 0.2) is 97.3 Å². The fourth-order valence-corrected chi connectivity index (χ4v) is 5.28. The molecule has 1 aliphatic carbocycles. The van der Waals surface area contributed by atoms with E-state index in [0.29, 0.717) is 11.3 Å². The molecule has 0 radical (unpaired) electrons. The summed E-state index contributed by atoms with van der Waals surface area (Å²) >= 11 is 0. The summed E-state index contributed by atoms with van der Waals surface area (Å²) in [5.41, 5.74) is 3.33. The van der Waals surface area contributed by atoms with E-state index in [2.05, 4.69) is 110 Å². The molecule has 6 nitrogen and oxygen atoms in total. The first kappa shape index (κ1) is 25.1. The Labute approximate surface area is 207 Å². The summed E-state index contributed by atoms with van der Waals surface area (Å²) in [6, 6.07) is 32.0. The molecule has 1 saturated carbocycles. The number of hydrogen-bond acceptors (Lipinski definition) is 3. The maximum Gasteiger partial charge on any atom is 0.314 e. The molecule has 1 aliphatic rings. The van der Waals surface area contributed by atoms with Crippen LogP contribution in [0.4, 0.5) is 0 Å². The smallest absolute Gasteiger partial charge is 0.314 e. The summed E-state index contributed by atoms with van der Waals surface area (Å²) in [6.45, 7) is 4.59. The molecule has 0 bridgehead atoms. The van der Waals surface area contributed by atoms with Crippen molar-refractivity contribution < 1.29 is 14.4 Å². The van der Waals surface area contributed by atoms with Crippen molar-refractivity contribution in [2.24, 2.45) is 5.41 Å². The number of aromatic nitrogens is 3. The van der Waals surface area contributed by atoms with Gasteiger partial charge >= 0.3 is 8.25 Å². The highest BCUT2D eigenvalue weighted by atomic mass is 31.1. The third-order valence-electron chi connectivity index (χ3n) is 7.34. The van der Waals surface area contributed by atoms with Crippen LogP contribution in [0.3, 0.4) is 0 Å². The molecule has 35 heavy (non-hydrogen) atoms. The number of hydrogen-bond donors (Lipinski definition) is 2. The van der Waals surface area contributed by atoms with Gasteiger partial charge in [-0.1, -0.05) is 105 Å². The van der Waals surface area contributed by atoms with Gasteiger partial charge in [0.15, 0.2) is 5.82 Å². The minimum atomic E-state index is -3.13. The minimum Gasteiger partial charge on any atom is -0.326 e. The first-order valence-electron chi connectivity index (χ1n) is 12.0. The zero-order valence-corrected chi connectivity index (χ0v) is 21.1. The normalized spacial score (nSPS) is 16.4. The van der Waals surface area contributed by atoms with Crippen LogP contribution in [0.5, 0.6) is 0 Å². The minimum absolute atomic E-state index is 0.376. The predicted octanol–water partition coefficient (Wildman–Crippen LogP) is 5.77. The summed E-state index contributed by atoms with van der Waals surface area (Å²) < 4.78 is 10.8. The Balaban J connectivity index is 0.000000672. The lowest BCUT2D eigenvalue weighted by Crippen LogP contribution is -2.38. The zero-order valence-electron chi connectivity index (χ0n) is 20.1. The average Bonchev–Trinajstić information content (AvgIpc) is 3.44. The summed E-state index contributed by atoms with van der Waals surface area (Å²) in [5, 5.41) is 5.17. The molecule has 0 spiro atoms. The molecule has 1 fully saturated rings. The molecule has 5 rings (SSSR count). The Morgan fingerprint density at radius 2 is 1.26 bits per heavy atom. The average molecular weight is 490 g/mol. The maximum absolute atomic E-state index is 8.74. The Hall–Kier alpha value is -3.05. The summed E-state index contributed by atoms with van der Waals surface area (Å²) in [5.74, 6) is 1.44. The van der Waals surface area contributed by atoms with Crippen molar-refractivity contribution in [1.82, 2.24) is 14.8 Å². The van der Waals surface area contributed by atoms with E-state index in [9.17, 15) is 0 Å². The first-order valence-corrected chi connectivity index (χ1v) is 13.3. The van der Waals surface area contributed by atoms with Gasteiger partial charge in [0, 0.05) is 5.92 Å². The fraction of sp³-hybridized carbons (Fsp3) is 0.286. The van der Waals surface area contributed by atoms with Crippen LogP contribution in [-0.2, 0) is 10.1 Å². The molecule has 1 atom stereocenters. The van der Waals surface area contributed by atoms with Gasteiger partial charge in [0.1, 0.15) is 11.9 Å². The molecule has 2 N–H and O–H groups in total. The van der Waals surface area contributed by atoms with Crippen molar-refractivity contribution in [2.45, 2.75) is 44.6 Å². The SMILES string of the molecule is CCC1(CC)CC1c1ncn(C(c2ccccc2)(c2ccccc2)c2ccccc2)n1.O=[PH](O)O. The third-order valence-corrected chi connectivity index (χ3v) is 7.34. The van der Waals surface area contributed by atoms with Gasteiger partial charge in [0.25, 0.3) is 0 Å². The van der Waals surface area contributed by atoms with Crippen LogP contribution in [0.1, 0.15) is 61.5 Å². The van der Waals surface area contributed by atoms with Crippen molar-refractivity contribution in [3.05, 3.63) is 120 Å². The van der Waals surface area contributed by atoms with E-state index in [1.807, 2.05) is 6.33 Å². The lowest BCUT2D eigenvalue weighted by Gasteiger charge is -2.35. The Kier molecular flexibility index (Phi) is 7.66. The van der Waals surface area contributed by atoms with Gasteiger partial charge in [-0.25, -0.2) is 9.67 Å². The van der Waals surface area contributed by atoms with Gasteiger partial charge < -0.3 is 9.79 Å². The van der Waals surface area contributed by atoms with Crippen molar-refractivity contribution >= 4 is 8.25 Å². The van der Waals surface area contributed by atoms with Gasteiger partial charge in [-0.2, -0.15) is 5.10 Å². The van der Waals surface area contributed by atoms with E-state index in [0.717, 1.165) is 5.82 Å². The van der Waals surface area contributed by atoms with E-state index in [4.69, 9.17) is 24.4 Å². The summed E-state index contributed by atoms with van der Waals surface area (Å²) in [7, 11) is -3.13. The molecule has 1 aromatic heterocycles. The van der Waals surface area contributed by atoms with Crippen LogP contribution in [-0.4, -0.2) is 24.6 Å². The van der Waals surface area contributed by atoms with Gasteiger partial charge in [-0.05, 0) is 41.4 Å². The quantitative estimate of drug-likeness (QED) is 0.254. The van der Waals surface area contributed by atoms with Crippen LogP contribution in [0.25, 0.3) is 0 Å². The van der Waals surface area contributed by atoms with Crippen LogP contribution in [0, 0.1) is 5.41 Å². The second kappa shape index (κ2) is 10.7. The molecule has 182 valence electrons. The van der Waals surface area contributed by atoms with Gasteiger partial charge in [0.2, 0.25) is 0 Å². The standard InChI is InChI=1S/C28H29N3.H3O3P/c1-3-27(4-2)20-25(27)26-29-21-31(30-26)28(22-14-8-5-9-15-22,23-16-10-6-11-17-23)24-18-12-7-13-19-24;1-4(2)3/h5-19,21,25H,3-4,20H2,1-2H3;4H,(H2,1,2,3). The van der Waals surface area contributed by atoms with Crippen LogP contribution >= 0.6 is 8.25 Å². The predicted molar refractivity (Wildman–Crippen MR) is 138 cm³/mol. The third kappa shape index (κ3) is 4.87. The van der Waals surface area contributed by atoms with Crippen LogP contribution in [0.2, 0.25) is 0 Å². The molecule has 0 aliphatic heterocycles. The second-order valence-electron chi connectivity index (χ2n) is 8.96. The molecule has 0 saturated heterocycles. The number of benzene rings is 3. The second-order valence-corrected chi connectivity index (χ2v) is 9.53. The zero-order chi connectivity index (χ0) is 24.9. The Morgan fingerprint density at radius 1 is 0.857 bits per heavy atom. The van der Waals surface area contributed by atoms with E-state index < -0.39 is 13.8 Å². The molecular formula is C28H32N3O3P. The maximum atomic E-state index is 8.74. The van der Waals surface area contributed by atoms with E-state index in [1.165, 1.54) is 36.0 Å². The molecule has 4 aromatic rings. The largest absolute Gasteiger partial charge is 0.326 e. The van der Waals surface area contributed by atoms with Crippen molar-refractivity contribution in [1.29, 1.82) is 0 Å². The van der Waals surface area contributed by atoms with Crippen molar-refractivity contribution in [3.63, 3.8) is 0 Å². The highest BCUT2D eigenvalue weighted by Crippen LogP contribution is 2.62. The molecule has 7 heteroatoms. The molecule has 1 unspecified atom stereocenters. The fourth-order valence-electron chi connectivity index (χ4n) is 5.28. The van der Waals surface area contributed by atoms with Crippen molar-refractivity contribution in [2.75, 3.05) is 0 Å². The molecule has 3 aromatic carbocycles. The van der Waals surface area contributed by atoms with E-state index >= 15 is 0 Å². The Morgan fingerprint density at radius 3 is 1.60 bits per heavy atom. The summed E-state index contributed by atoms with van der Waals surface area (Å²) in [4.78, 5) is 19.2. The van der Waals surface area contributed by atoms with Crippen molar-refractivity contribution in [3.8, 4) is 0 Å². The molecule has 1 heterocycles. The highest BCUT2D eigenvalue weighted by Gasteiger charge is 2.54. The monoisotopic (exact) mass is 489 g/mol. The number of rotatable bonds is 7. The van der Waals surface area contributed by atoms with Gasteiger partial charge in [-0.15, -0.1) is 0 Å².